The molecule has 0 unspecified atom stereocenters. The zero-order valence-electron chi connectivity index (χ0n) is 8.40. The summed E-state index contributed by atoms with van der Waals surface area (Å²) >= 11 is 0. The molecule has 0 aliphatic carbocycles. The van der Waals surface area contributed by atoms with Crippen LogP contribution in [0.2, 0.25) is 0 Å². The van der Waals surface area contributed by atoms with Gasteiger partial charge in [-0.05, 0) is 6.92 Å². The van der Waals surface area contributed by atoms with E-state index in [1.807, 2.05) is 6.07 Å². The standard InChI is InChI=1S/C10H9N3O2/c1-7-8(5-3-4-6-11)9(10(14)15)13(2)12-7/h4H2,1-2H3,(H,14,15). The minimum Gasteiger partial charge on any atom is -0.476 e. The summed E-state index contributed by atoms with van der Waals surface area (Å²) < 4.78 is 1.27. The fourth-order valence-electron chi connectivity index (χ4n) is 1.23. The van der Waals surface area contributed by atoms with Crippen molar-refractivity contribution in [1.82, 2.24) is 9.78 Å². The first kappa shape index (κ1) is 10.8. The van der Waals surface area contributed by atoms with Gasteiger partial charge in [-0.2, -0.15) is 10.4 Å². The minimum absolute atomic E-state index is 0.0536. The highest BCUT2D eigenvalue weighted by molar-refractivity contribution is 5.89. The lowest BCUT2D eigenvalue weighted by Crippen LogP contribution is -2.06. The third-order valence-electron chi connectivity index (χ3n) is 1.81. The van der Waals surface area contributed by atoms with E-state index in [0.29, 0.717) is 11.3 Å². The third-order valence-corrected chi connectivity index (χ3v) is 1.81. The Morgan fingerprint density at radius 2 is 2.33 bits per heavy atom. The molecule has 0 fully saturated rings. The highest BCUT2D eigenvalue weighted by Gasteiger charge is 2.17. The Balaban J connectivity index is 3.24. The molecule has 0 spiro atoms. The quantitative estimate of drug-likeness (QED) is 0.681. The molecule has 0 saturated heterocycles. The van der Waals surface area contributed by atoms with Gasteiger partial charge in [-0.25, -0.2) is 4.79 Å². The van der Waals surface area contributed by atoms with E-state index >= 15 is 0 Å². The van der Waals surface area contributed by atoms with Crippen LogP contribution in [-0.2, 0) is 7.05 Å². The lowest BCUT2D eigenvalue weighted by atomic mass is 10.2. The molecule has 0 radical (unpaired) electrons. The first-order valence-electron chi connectivity index (χ1n) is 4.20. The average Bonchev–Trinajstić information content (AvgIpc) is 2.42. The van der Waals surface area contributed by atoms with Crippen LogP contribution in [0.4, 0.5) is 0 Å². The molecule has 0 aliphatic rings. The summed E-state index contributed by atoms with van der Waals surface area (Å²) in [6, 6.07) is 1.86. The Morgan fingerprint density at radius 1 is 1.67 bits per heavy atom. The number of aromatic carboxylic acids is 1. The predicted molar refractivity (Wildman–Crippen MR) is 52.0 cm³/mol. The summed E-state index contributed by atoms with van der Waals surface area (Å²) in [5.74, 6) is 4.15. The summed E-state index contributed by atoms with van der Waals surface area (Å²) in [4.78, 5) is 10.9. The van der Waals surface area contributed by atoms with Crippen molar-refractivity contribution in [3.05, 3.63) is 17.0 Å². The second kappa shape index (κ2) is 4.30. The zero-order valence-corrected chi connectivity index (χ0v) is 8.40. The van der Waals surface area contributed by atoms with Crippen molar-refractivity contribution in [3.8, 4) is 17.9 Å². The maximum absolute atomic E-state index is 10.9. The van der Waals surface area contributed by atoms with Crippen LogP contribution in [0.3, 0.4) is 0 Å². The summed E-state index contributed by atoms with van der Waals surface area (Å²) in [7, 11) is 1.55. The maximum Gasteiger partial charge on any atom is 0.355 e. The van der Waals surface area contributed by atoms with Gasteiger partial charge in [0.15, 0.2) is 5.69 Å². The van der Waals surface area contributed by atoms with Crippen molar-refractivity contribution in [2.75, 3.05) is 0 Å². The number of carbonyl (C=O) groups is 1. The molecular formula is C10H9N3O2. The van der Waals surface area contributed by atoms with Gasteiger partial charge in [-0.1, -0.05) is 11.8 Å². The third kappa shape index (κ3) is 2.15. The largest absolute Gasteiger partial charge is 0.476 e. The SMILES string of the molecule is Cc1nn(C)c(C(=O)O)c1C#CCC#N. The van der Waals surface area contributed by atoms with Crippen molar-refractivity contribution in [3.63, 3.8) is 0 Å². The first-order valence-corrected chi connectivity index (χ1v) is 4.20. The number of nitrogens with zero attached hydrogens (tertiary/aromatic N) is 3. The van der Waals surface area contributed by atoms with Gasteiger partial charge >= 0.3 is 5.97 Å². The number of rotatable bonds is 1. The van der Waals surface area contributed by atoms with Gasteiger partial charge < -0.3 is 5.11 Å². The van der Waals surface area contributed by atoms with Crippen molar-refractivity contribution in [1.29, 1.82) is 5.26 Å². The number of hydrogen-bond donors (Lipinski definition) is 1. The Bertz CT molecular complexity index is 497. The van der Waals surface area contributed by atoms with Crippen LogP contribution in [0.25, 0.3) is 0 Å². The minimum atomic E-state index is -1.07. The molecule has 0 aromatic carbocycles. The average molecular weight is 203 g/mol. The van der Waals surface area contributed by atoms with Gasteiger partial charge in [0.25, 0.3) is 0 Å². The molecule has 1 N–H and O–H groups in total. The molecule has 1 heterocycles. The molecule has 5 heteroatoms. The van der Waals surface area contributed by atoms with Gasteiger partial charge in [0, 0.05) is 7.05 Å². The molecule has 1 rings (SSSR count). The topological polar surface area (TPSA) is 78.9 Å². The van der Waals surface area contributed by atoms with E-state index in [1.54, 1.807) is 14.0 Å². The van der Waals surface area contributed by atoms with E-state index in [2.05, 4.69) is 16.9 Å². The summed E-state index contributed by atoms with van der Waals surface area (Å²) in [6.07, 6.45) is 0.0768. The van der Waals surface area contributed by atoms with E-state index < -0.39 is 5.97 Å². The second-order valence-corrected chi connectivity index (χ2v) is 2.87. The Hall–Kier alpha value is -2.27. The normalized spacial score (nSPS) is 8.87. The molecule has 0 amide bonds. The molecular weight excluding hydrogens is 194 g/mol. The molecule has 0 saturated carbocycles. The molecule has 15 heavy (non-hydrogen) atoms. The van der Waals surface area contributed by atoms with E-state index in [0.717, 1.165) is 0 Å². The van der Waals surface area contributed by atoms with Crippen molar-refractivity contribution in [2.24, 2.45) is 7.05 Å². The maximum atomic E-state index is 10.9. The molecule has 0 atom stereocenters. The summed E-state index contributed by atoms with van der Waals surface area (Å²) in [6.45, 7) is 1.68. The van der Waals surface area contributed by atoms with Crippen LogP contribution in [0, 0.1) is 30.1 Å². The lowest BCUT2D eigenvalue weighted by Gasteiger charge is -1.94. The first-order chi connectivity index (χ1) is 7.07. The Labute approximate surface area is 86.9 Å². The van der Waals surface area contributed by atoms with Crippen LogP contribution >= 0.6 is 0 Å². The predicted octanol–water partition coefficient (Wildman–Crippen LogP) is 0.692. The van der Waals surface area contributed by atoms with Crippen molar-refractivity contribution in [2.45, 2.75) is 13.3 Å². The van der Waals surface area contributed by atoms with Crippen LogP contribution in [-0.4, -0.2) is 20.9 Å². The fraction of sp³-hybridized carbons (Fsp3) is 0.300. The number of hydrogen-bond acceptors (Lipinski definition) is 3. The van der Waals surface area contributed by atoms with E-state index in [1.165, 1.54) is 4.68 Å². The number of aryl methyl sites for hydroxylation is 2. The highest BCUT2D eigenvalue weighted by atomic mass is 16.4. The van der Waals surface area contributed by atoms with Gasteiger partial charge in [0.2, 0.25) is 0 Å². The van der Waals surface area contributed by atoms with E-state index in [9.17, 15) is 4.79 Å². The van der Waals surface area contributed by atoms with Gasteiger partial charge in [-0.15, -0.1) is 0 Å². The number of nitriles is 1. The van der Waals surface area contributed by atoms with Crippen LogP contribution in [0.1, 0.15) is 28.2 Å². The summed E-state index contributed by atoms with van der Waals surface area (Å²) in [5.41, 5.74) is 0.985. The fourth-order valence-corrected chi connectivity index (χ4v) is 1.23. The smallest absolute Gasteiger partial charge is 0.355 e. The van der Waals surface area contributed by atoms with Crippen LogP contribution in [0.5, 0.6) is 0 Å². The van der Waals surface area contributed by atoms with Gasteiger partial charge in [-0.3, -0.25) is 4.68 Å². The molecule has 1 aromatic rings. The van der Waals surface area contributed by atoms with Gasteiger partial charge in [0.1, 0.15) is 0 Å². The lowest BCUT2D eigenvalue weighted by molar-refractivity contribution is 0.0684. The van der Waals surface area contributed by atoms with E-state index in [4.69, 9.17) is 10.4 Å². The van der Waals surface area contributed by atoms with Crippen molar-refractivity contribution < 1.29 is 9.90 Å². The second-order valence-electron chi connectivity index (χ2n) is 2.87. The molecule has 0 aliphatic heterocycles. The van der Waals surface area contributed by atoms with E-state index in [-0.39, 0.29) is 12.1 Å². The number of carboxylic acid groups (broad SMARTS) is 1. The van der Waals surface area contributed by atoms with Crippen molar-refractivity contribution >= 4 is 5.97 Å². The molecule has 0 bridgehead atoms. The molecule has 1 aromatic heterocycles. The molecule has 5 nitrogen and oxygen atoms in total. The Morgan fingerprint density at radius 3 is 2.87 bits per heavy atom. The van der Waals surface area contributed by atoms with Crippen LogP contribution < -0.4 is 0 Å². The van der Waals surface area contributed by atoms with Gasteiger partial charge in [0.05, 0.1) is 23.7 Å². The monoisotopic (exact) mass is 203 g/mol. The Kier molecular flexibility index (Phi) is 3.10. The summed E-state index contributed by atoms with van der Waals surface area (Å²) in [5, 5.41) is 21.2. The zero-order chi connectivity index (χ0) is 11.4. The highest BCUT2D eigenvalue weighted by Crippen LogP contribution is 2.11. The molecule has 76 valence electrons. The number of aromatic nitrogens is 2. The number of carboxylic acids is 1. The van der Waals surface area contributed by atoms with Crippen LogP contribution in [0.15, 0.2) is 0 Å².